The number of aryl methyl sites for hydroxylation is 1. The molecule has 0 amide bonds. The van der Waals surface area contributed by atoms with Crippen molar-refractivity contribution in [2.45, 2.75) is 53.1 Å². The molecule has 0 bridgehead atoms. The van der Waals surface area contributed by atoms with Crippen LogP contribution in [0.1, 0.15) is 45.9 Å². The summed E-state index contributed by atoms with van der Waals surface area (Å²) in [7, 11) is 0. The van der Waals surface area contributed by atoms with Crippen LogP contribution in [0, 0.1) is 5.41 Å². The third kappa shape index (κ3) is 3.05. The highest BCUT2D eigenvalue weighted by Crippen LogP contribution is 2.32. The zero-order valence-electron chi connectivity index (χ0n) is 11.0. The molecule has 1 rings (SSSR count). The summed E-state index contributed by atoms with van der Waals surface area (Å²) < 4.78 is 0. The van der Waals surface area contributed by atoms with E-state index in [1.807, 2.05) is 40.0 Å². The van der Waals surface area contributed by atoms with Crippen molar-refractivity contribution in [1.82, 2.24) is 4.98 Å². The standard InChI is InChI=1S/C14H23NO/c1-6-11-7-8-12(15-10-11)9-14(5,16)13(2,3)4/h7-8,10,16H,6,9H2,1-5H3. The van der Waals surface area contributed by atoms with E-state index < -0.39 is 5.60 Å². The van der Waals surface area contributed by atoms with Gasteiger partial charge in [0.2, 0.25) is 0 Å². The average Bonchev–Trinajstić information content (AvgIpc) is 2.16. The molecule has 2 nitrogen and oxygen atoms in total. The molecule has 0 fully saturated rings. The van der Waals surface area contributed by atoms with Crippen LogP contribution >= 0.6 is 0 Å². The summed E-state index contributed by atoms with van der Waals surface area (Å²) in [6.45, 7) is 10.1. The van der Waals surface area contributed by atoms with Gasteiger partial charge in [-0.05, 0) is 30.4 Å². The fourth-order valence-corrected chi connectivity index (χ4v) is 1.39. The highest BCUT2D eigenvalue weighted by Gasteiger charge is 2.35. The molecule has 1 aromatic heterocycles. The quantitative estimate of drug-likeness (QED) is 0.851. The van der Waals surface area contributed by atoms with Crippen molar-refractivity contribution in [1.29, 1.82) is 0 Å². The topological polar surface area (TPSA) is 33.1 Å². The van der Waals surface area contributed by atoms with Gasteiger partial charge in [-0.3, -0.25) is 4.98 Å². The van der Waals surface area contributed by atoms with Gasteiger partial charge >= 0.3 is 0 Å². The minimum Gasteiger partial charge on any atom is -0.389 e. The van der Waals surface area contributed by atoms with Gasteiger partial charge in [0.15, 0.2) is 0 Å². The summed E-state index contributed by atoms with van der Waals surface area (Å²) in [5.41, 5.74) is 1.32. The van der Waals surface area contributed by atoms with Gasteiger partial charge in [-0.15, -0.1) is 0 Å². The first kappa shape index (κ1) is 13.2. The Labute approximate surface area is 98.7 Å². The molecule has 1 atom stereocenters. The number of rotatable bonds is 3. The minimum absolute atomic E-state index is 0.141. The largest absolute Gasteiger partial charge is 0.389 e. The summed E-state index contributed by atoms with van der Waals surface area (Å²) in [5, 5.41) is 10.4. The van der Waals surface area contributed by atoms with Crippen LogP contribution < -0.4 is 0 Å². The van der Waals surface area contributed by atoms with Crippen molar-refractivity contribution in [3.63, 3.8) is 0 Å². The predicted molar refractivity (Wildman–Crippen MR) is 67.4 cm³/mol. The van der Waals surface area contributed by atoms with Crippen LogP contribution in [0.4, 0.5) is 0 Å². The summed E-state index contributed by atoms with van der Waals surface area (Å²) in [6, 6.07) is 4.10. The van der Waals surface area contributed by atoms with Crippen LogP contribution in [0.3, 0.4) is 0 Å². The zero-order valence-corrected chi connectivity index (χ0v) is 11.0. The molecule has 0 aliphatic carbocycles. The maximum absolute atomic E-state index is 10.4. The van der Waals surface area contributed by atoms with E-state index in [2.05, 4.69) is 18.0 Å². The normalized spacial score (nSPS) is 15.9. The van der Waals surface area contributed by atoms with Crippen molar-refractivity contribution < 1.29 is 5.11 Å². The number of aromatic nitrogens is 1. The van der Waals surface area contributed by atoms with Crippen molar-refractivity contribution in [3.8, 4) is 0 Å². The van der Waals surface area contributed by atoms with Crippen molar-refractivity contribution >= 4 is 0 Å². The third-order valence-electron chi connectivity index (χ3n) is 3.44. The van der Waals surface area contributed by atoms with Gasteiger partial charge in [-0.1, -0.05) is 33.8 Å². The van der Waals surface area contributed by atoms with Gasteiger partial charge in [0.25, 0.3) is 0 Å². The molecular weight excluding hydrogens is 198 g/mol. The highest BCUT2D eigenvalue weighted by molar-refractivity contribution is 5.15. The Hall–Kier alpha value is -0.890. The molecular formula is C14H23NO. The van der Waals surface area contributed by atoms with E-state index in [-0.39, 0.29) is 5.41 Å². The first-order valence-electron chi connectivity index (χ1n) is 5.92. The van der Waals surface area contributed by atoms with Crippen molar-refractivity contribution in [3.05, 3.63) is 29.6 Å². The van der Waals surface area contributed by atoms with Crippen LogP contribution in [-0.4, -0.2) is 15.7 Å². The SMILES string of the molecule is CCc1ccc(CC(C)(O)C(C)(C)C)nc1. The summed E-state index contributed by atoms with van der Waals surface area (Å²) in [6.07, 6.45) is 3.50. The Balaban J connectivity index is 2.80. The summed E-state index contributed by atoms with van der Waals surface area (Å²) in [5.74, 6) is 0. The van der Waals surface area contributed by atoms with E-state index >= 15 is 0 Å². The van der Waals surface area contributed by atoms with Gasteiger partial charge < -0.3 is 5.11 Å². The Kier molecular flexibility index (Phi) is 3.74. The molecule has 2 heteroatoms. The van der Waals surface area contributed by atoms with E-state index in [0.29, 0.717) is 6.42 Å². The lowest BCUT2D eigenvalue weighted by molar-refractivity contribution is -0.0412. The van der Waals surface area contributed by atoms with Gasteiger partial charge in [-0.25, -0.2) is 0 Å². The second-order valence-electron chi connectivity index (χ2n) is 5.71. The van der Waals surface area contributed by atoms with E-state index in [9.17, 15) is 5.11 Å². The van der Waals surface area contributed by atoms with E-state index in [0.717, 1.165) is 12.1 Å². The molecule has 0 aliphatic rings. The smallest absolute Gasteiger partial charge is 0.0722 e. The number of hydrogen-bond donors (Lipinski definition) is 1. The Bertz CT molecular complexity index is 333. The van der Waals surface area contributed by atoms with Crippen LogP contribution in [0.15, 0.2) is 18.3 Å². The fourth-order valence-electron chi connectivity index (χ4n) is 1.39. The Morgan fingerprint density at radius 3 is 2.19 bits per heavy atom. The van der Waals surface area contributed by atoms with E-state index in [1.54, 1.807) is 0 Å². The molecule has 1 heterocycles. The summed E-state index contributed by atoms with van der Waals surface area (Å²) >= 11 is 0. The molecule has 0 saturated carbocycles. The highest BCUT2D eigenvalue weighted by atomic mass is 16.3. The molecule has 16 heavy (non-hydrogen) atoms. The second kappa shape index (κ2) is 4.54. The number of nitrogens with zero attached hydrogens (tertiary/aromatic N) is 1. The van der Waals surface area contributed by atoms with Crippen molar-refractivity contribution in [2.75, 3.05) is 0 Å². The van der Waals surface area contributed by atoms with Gasteiger partial charge in [0.1, 0.15) is 0 Å². The lowest BCUT2D eigenvalue weighted by Crippen LogP contribution is -2.41. The summed E-state index contributed by atoms with van der Waals surface area (Å²) in [4.78, 5) is 4.39. The van der Waals surface area contributed by atoms with Gasteiger partial charge in [-0.2, -0.15) is 0 Å². The third-order valence-corrected chi connectivity index (χ3v) is 3.44. The monoisotopic (exact) mass is 221 g/mol. The predicted octanol–water partition coefficient (Wildman–Crippen LogP) is 2.98. The molecule has 0 radical (unpaired) electrons. The second-order valence-corrected chi connectivity index (χ2v) is 5.71. The molecule has 90 valence electrons. The van der Waals surface area contributed by atoms with Gasteiger partial charge in [0, 0.05) is 18.3 Å². The molecule has 0 saturated heterocycles. The first-order chi connectivity index (χ1) is 7.26. The average molecular weight is 221 g/mol. The van der Waals surface area contributed by atoms with Crippen molar-refractivity contribution in [2.24, 2.45) is 5.41 Å². The van der Waals surface area contributed by atoms with E-state index in [4.69, 9.17) is 0 Å². The van der Waals surface area contributed by atoms with E-state index in [1.165, 1.54) is 5.56 Å². The van der Waals surface area contributed by atoms with Crippen LogP contribution in [0.5, 0.6) is 0 Å². The zero-order chi connectivity index (χ0) is 12.4. The lowest BCUT2D eigenvalue weighted by atomic mass is 9.75. The van der Waals surface area contributed by atoms with Crippen LogP contribution in [0.25, 0.3) is 0 Å². The Morgan fingerprint density at radius 1 is 1.19 bits per heavy atom. The van der Waals surface area contributed by atoms with Crippen LogP contribution in [0.2, 0.25) is 0 Å². The molecule has 0 aliphatic heterocycles. The molecule has 1 unspecified atom stereocenters. The maximum atomic E-state index is 10.4. The van der Waals surface area contributed by atoms with Crippen LogP contribution in [-0.2, 0) is 12.8 Å². The molecule has 0 aromatic carbocycles. The number of aliphatic hydroxyl groups is 1. The first-order valence-corrected chi connectivity index (χ1v) is 5.92. The Morgan fingerprint density at radius 2 is 1.81 bits per heavy atom. The van der Waals surface area contributed by atoms with Gasteiger partial charge in [0.05, 0.1) is 5.60 Å². The number of pyridine rings is 1. The lowest BCUT2D eigenvalue weighted by Gasteiger charge is -2.37. The number of hydrogen-bond acceptors (Lipinski definition) is 2. The molecule has 0 spiro atoms. The maximum Gasteiger partial charge on any atom is 0.0722 e. The molecule has 1 N–H and O–H groups in total. The minimum atomic E-state index is -0.728. The molecule has 1 aromatic rings. The fraction of sp³-hybridized carbons (Fsp3) is 0.643.